The summed E-state index contributed by atoms with van der Waals surface area (Å²) in [6.45, 7) is 3.46. The molecule has 7 heteroatoms. The molecular formula is C14H18N4O2S. The summed E-state index contributed by atoms with van der Waals surface area (Å²) in [6.07, 6.45) is 4.73. The fourth-order valence-electron chi connectivity index (χ4n) is 3.54. The van der Waals surface area contributed by atoms with Crippen LogP contribution in [0.5, 0.6) is 5.88 Å². The molecule has 0 amide bonds. The Kier molecular flexibility index (Phi) is 3.19. The molecule has 0 unspecified atom stereocenters. The third-order valence-electron chi connectivity index (χ3n) is 4.58. The van der Waals surface area contributed by atoms with Gasteiger partial charge in [0.1, 0.15) is 0 Å². The van der Waals surface area contributed by atoms with E-state index in [4.69, 9.17) is 9.26 Å². The third-order valence-corrected chi connectivity index (χ3v) is 5.35. The van der Waals surface area contributed by atoms with Gasteiger partial charge in [0, 0.05) is 12.6 Å². The lowest BCUT2D eigenvalue weighted by Crippen LogP contribution is -2.50. The van der Waals surface area contributed by atoms with E-state index in [9.17, 15) is 0 Å². The minimum absolute atomic E-state index is 0.0660. The van der Waals surface area contributed by atoms with Crippen LogP contribution in [-0.2, 0) is 5.41 Å². The molecule has 4 heterocycles. The Balaban J connectivity index is 1.64. The molecule has 2 aliphatic heterocycles. The Morgan fingerprint density at radius 2 is 2.14 bits per heavy atom. The molecule has 2 saturated heterocycles. The summed E-state index contributed by atoms with van der Waals surface area (Å²) in [4.78, 5) is 8.08. The fraction of sp³-hybridized carbons (Fsp3) is 0.643. The van der Waals surface area contributed by atoms with Crippen LogP contribution in [0.2, 0.25) is 0 Å². The predicted molar refractivity (Wildman–Crippen MR) is 78.5 cm³/mol. The molecule has 2 bridgehead atoms. The van der Waals surface area contributed by atoms with Crippen LogP contribution in [0.25, 0.3) is 10.7 Å². The van der Waals surface area contributed by atoms with Crippen LogP contribution in [0.4, 0.5) is 0 Å². The smallest absolute Gasteiger partial charge is 0.234 e. The van der Waals surface area contributed by atoms with Gasteiger partial charge in [-0.25, -0.2) is 0 Å². The topological polar surface area (TPSA) is 64.3 Å². The van der Waals surface area contributed by atoms with E-state index in [-0.39, 0.29) is 5.41 Å². The number of ether oxygens (including phenoxy) is 1. The summed E-state index contributed by atoms with van der Waals surface area (Å²) in [6, 6.07) is 1.85. The maximum atomic E-state index is 5.63. The second-order valence-electron chi connectivity index (χ2n) is 5.92. The van der Waals surface area contributed by atoms with Crippen LogP contribution in [0.1, 0.15) is 31.6 Å². The van der Waals surface area contributed by atoms with Gasteiger partial charge in [-0.3, -0.25) is 0 Å². The molecule has 0 aromatic carbocycles. The number of nitrogens with zero attached hydrogens (tertiary/aromatic N) is 4. The van der Waals surface area contributed by atoms with Gasteiger partial charge in [0.2, 0.25) is 17.6 Å². The zero-order valence-electron chi connectivity index (χ0n) is 12.0. The quantitative estimate of drug-likeness (QED) is 0.867. The van der Waals surface area contributed by atoms with E-state index in [0.717, 1.165) is 30.2 Å². The predicted octanol–water partition coefficient (Wildman–Crippen LogP) is 2.33. The van der Waals surface area contributed by atoms with Crippen LogP contribution < -0.4 is 4.74 Å². The average molecular weight is 306 g/mol. The molecule has 0 N–H and O–H groups in total. The van der Waals surface area contributed by atoms with Gasteiger partial charge < -0.3 is 14.2 Å². The molecule has 4 rings (SSSR count). The van der Waals surface area contributed by atoms with E-state index in [1.54, 1.807) is 7.11 Å². The standard InChI is InChI=1S/C14H18N4O2S/c1-19-11-8-10(21-17-11)12-15-13(20-16-12)14-4-2-6-18(9-14)7-3-5-14/h8H,2-7,9H2,1H3. The van der Waals surface area contributed by atoms with Crippen molar-refractivity contribution in [2.75, 3.05) is 26.7 Å². The van der Waals surface area contributed by atoms with Crippen molar-refractivity contribution in [1.82, 2.24) is 19.4 Å². The molecule has 0 saturated carbocycles. The molecule has 0 spiro atoms. The molecule has 0 aliphatic carbocycles. The lowest BCUT2D eigenvalue weighted by Gasteiger charge is -2.44. The Labute approximate surface area is 127 Å². The van der Waals surface area contributed by atoms with Gasteiger partial charge in [-0.1, -0.05) is 5.16 Å². The Morgan fingerprint density at radius 1 is 1.33 bits per heavy atom. The molecule has 6 nitrogen and oxygen atoms in total. The maximum Gasteiger partial charge on any atom is 0.234 e. The van der Waals surface area contributed by atoms with Crippen LogP contribution in [0.3, 0.4) is 0 Å². The number of methoxy groups -OCH3 is 1. The van der Waals surface area contributed by atoms with Gasteiger partial charge in [-0.05, 0) is 50.3 Å². The summed E-state index contributed by atoms with van der Waals surface area (Å²) in [5.74, 6) is 2.03. The highest BCUT2D eigenvalue weighted by molar-refractivity contribution is 7.09. The Morgan fingerprint density at radius 3 is 2.86 bits per heavy atom. The zero-order chi connectivity index (χ0) is 14.3. The molecule has 2 aromatic rings. The summed E-state index contributed by atoms with van der Waals surface area (Å²) < 4.78 is 14.9. The maximum absolute atomic E-state index is 5.63. The number of piperidine rings is 2. The summed E-state index contributed by atoms with van der Waals surface area (Å²) in [5, 5.41) is 4.16. The van der Waals surface area contributed by atoms with Gasteiger partial charge in [0.05, 0.1) is 17.4 Å². The highest BCUT2D eigenvalue weighted by Crippen LogP contribution is 2.41. The molecule has 2 aliphatic rings. The number of hydrogen-bond acceptors (Lipinski definition) is 7. The van der Waals surface area contributed by atoms with Gasteiger partial charge in [0.25, 0.3) is 0 Å². The van der Waals surface area contributed by atoms with Crippen molar-refractivity contribution in [2.24, 2.45) is 0 Å². The first-order valence-electron chi connectivity index (χ1n) is 7.37. The Bertz CT molecular complexity index is 628. The minimum Gasteiger partial charge on any atom is -0.480 e. The number of rotatable bonds is 3. The first-order chi connectivity index (χ1) is 10.3. The van der Waals surface area contributed by atoms with E-state index >= 15 is 0 Å². The molecule has 112 valence electrons. The highest BCUT2D eigenvalue weighted by Gasteiger charge is 2.44. The van der Waals surface area contributed by atoms with Crippen molar-refractivity contribution >= 4 is 11.5 Å². The molecule has 21 heavy (non-hydrogen) atoms. The van der Waals surface area contributed by atoms with E-state index in [1.807, 2.05) is 6.07 Å². The summed E-state index contributed by atoms with van der Waals surface area (Å²) >= 11 is 1.34. The van der Waals surface area contributed by atoms with E-state index < -0.39 is 0 Å². The van der Waals surface area contributed by atoms with E-state index in [2.05, 4.69) is 19.4 Å². The van der Waals surface area contributed by atoms with E-state index in [1.165, 1.54) is 37.5 Å². The average Bonchev–Trinajstić information content (AvgIpc) is 3.16. The third kappa shape index (κ3) is 2.24. The minimum atomic E-state index is 0.0660. The van der Waals surface area contributed by atoms with Crippen LogP contribution >= 0.6 is 11.5 Å². The van der Waals surface area contributed by atoms with Crippen LogP contribution in [-0.4, -0.2) is 46.2 Å². The molecular weight excluding hydrogens is 288 g/mol. The van der Waals surface area contributed by atoms with Gasteiger partial charge >= 0.3 is 0 Å². The van der Waals surface area contributed by atoms with Gasteiger partial charge in [-0.2, -0.15) is 9.36 Å². The first-order valence-corrected chi connectivity index (χ1v) is 8.14. The van der Waals surface area contributed by atoms with Crippen molar-refractivity contribution in [3.05, 3.63) is 12.0 Å². The first kappa shape index (κ1) is 13.2. The SMILES string of the molecule is COc1cc(-c2noc(C34CCCN(CCC3)C4)n2)sn1. The van der Waals surface area contributed by atoms with Crippen LogP contribution in [0.15, 0.2) is 10.6 Å². The van der Waals surface area contributed by atoms with Crippen molar-refractivity contribution in [1.29, 1.82) is 0 Å². The van der Waals surface area contributed by atoms with Gasteiger partial charge in [-0.15, -0.1) is 0 Å². The van der Waals surface area contributed by atoms with Crippen molar-refractivity contribution < 1.29 is 9.26 Å². The molecule has 0 radical (unpaired) electrons. The fourth-order valence-corrected chi connectivity index (χ4v) is 4.18. The largest absolute Gasteiger partial charge is 0.480 e. The van der Waals surface area contributed by atoms with Crippen molar-refractivity contribution in [2.45, 2.75) is 31.1 Å². The van der Waals surface area contributed by atoms with Gasteiger partial charge in [0.15, 0.2) is 0 Å². The second kappa shape index (κ2) is 5.06. The molecule has 2 fully saturated rings. The number of hydrogen-bond donors (Lipinski definition) is 0. The monoisotopic (exact) mass is 306 g/mol. The second-order valence-corrected chi connectivity index (χ2v) is 6.73. The van der Waals surface area contributed by atoms with Crippen molar-refractivity contribution in [3.8, 4) is 16.6 Å². The lowest BCUT2D eigenvalue weighted by atomic mass is 9.73. The lowest BCUT2D eigenvalue weighted by molar-refractivity contribution is 0.0711. The normalized spacial score (nSPS) is 28.5. The highest BCUT2D eigenvalue weighted by atomic mass is 32.1. The Hall–Kier alpha value is -1.47. The van der Waals surface area contributed by atoms with E-state index in [0.29, 0.717) is 11.7 Å². The molecule has 0 atom stereocenters. The number of fused-ring (bicyclic) bond motifs is 2. The summed E-state index contributed by atoms with van der Waals surface area (Å²) in [5.41, 5.74) is 0.0660. The van der Waals surface area contributed by atoms with Crippen LogP contribution in [0, 0.1) is 0 Å². The number of aromatic nitrogens is 3. The summed E-state index contributed by atoms with van der Waals surface area (Å²) in [7, 11) is 1.61. The molecule has 2 aromatic heterocycles. The van der Waals surface area contributed by atoms with Crippen molar-refractivity contribution in [3.63, 3.8) is 0 Å². The zero-order valence-corrected chi connectivity index (χ0v) is 12.9.